The Balaban J connectivity index is 2.34. The zero-order valence-corrected chi connectivity index (χ0v) is 8.69. The number of aliphatic hydroxyl groups excluding tert-OH is 1. The van der Waals surface area contributed by atoms with E-state index in [9.17, 15) is 9.90 Å². The monoisotopic (exact) mass is 206 g/mol. The van der Waals surface area contributed by atoms with E-state index in [-0.39, 0.29) is 12.6 Å². The van der Waals surface area contributed by atoms with E-state index >= 15 is 0 Å². The van der Waals surface area contributed by atoms with E-state index in [1.807, 2.05) is 31.2 Å². The molecule has 1 aliphatic rings. The quantitative estimate of drug-likeness (QED) is 0.746. The largest absolute Gasteiger partial charge is 0.452 e. The second-order valence-corrected chi connectivity index (χ2v) is 3.99. The lowest BCUT2D eigenvalue weighted by Gasteiger charge is -2.25. The number of ether oxygens (including phenoxy) is 1. The Kier molecular flexibility index (Phi) is 2.49. The molecule has 1 aliphatic heterocycles. The second-order valence-electron chi connectivity index (χ2n) is 3.99. The number of hydrogen-bond acceptors (Lipinski definition) is 3. The van der Waals surface area contributed by atoms with Crippen molar-refractivity contribution >= 4 is 5.97 Å². The summed E-state index contributed by atoms with van der Waals surface area (Å²) in [5, 5.41) is 9.38. The van der Waals surface area contributed by atoms with Crippen LogP contribution < -0.4 is 0 Å². The molecule has 2 rings (SSSR count). The molecule has 0 radical (unpaired) electrons. The molecule has 1 N–H and O–H groups in total. The predicted molar refractivity (Wildman–Crippen MR) is 55.3 cm³/mol. The lowest BCUT2D eigenvalue weighted by atomic mass is 9.91. The van der Waals surface area contributed by atoms with Crippen LogP contribution in [0.4, 0.5) is 0 Å². The van der Waals surface area contributed by atoms with E-state index in [1.54, 1.807) is 0 Å². The average Bonchev–Trinajstić information content (AvgIpc) is 2.62. The van der Waals surface area contributed by atoms with Gasteiger partial charge in [0.1, 0.15) is 0 Å². The molecule has 0 saturated carbocycles. The minimum Gasteiger partial charge on any atom is -0.452 e. The summed E-state index contributed by atoms with van der Waals surface area (Å²) in [4.78, 5) is 11.1. The van der Waals surface area contributed by atoms with Crippen molar-refractivity contribution in [2.45, 2.75) is 25.4 Å². The van der Waals surface area contributed by atoms with E-state index in [1.165, 1.54) is 0 Å². The fraction of sp³-hybridized carbons (Fsp3) is 0.417. The first kappa shape index (κ1) is 10.2. The van der Waals surface area contributed by atoms with Crippen molar-refractivity contribution in [2.24, 2.45) is 0 Å². The number of esters is 1. The Labute approximate surface area is 88.7 Å². The number of benzene rings is 1. The summed E-state index contributed by atoms with van der Waals surface area (Å²) in [5.74, 6) is -0.232. The fourth-order valence-electron chi connectivity index (χ4n) is 1.89. The zero-order valence-electron chi connectivity index (χ0n) is 8.69. The van der Waals surface area contributed by atoms with Gasteiger partial charge < -0.3 is 9.84 Å². The molecule has 1 heterocycles. The van der Waals surface area contributed by atoms with E-state index in [4.69, 9.17) is 4.74 Å². The summed E-state index contributed by atoms with van der Waals surface area (Å²) in [6.45, 7) is 1.85. The molecule has 1 unspecified atom stereocenters. The third-order valence-corrected chi connectivity index (χ3v) is 2.88. The summed E-state index contributed by atoms with van der Waals surface area (Å²) in [7, 11) is 0. The van der Waals surface area contributed by atoms with Crippen molar-refractivity contribution in [3.63, 3.8) is 0 Å². The van der Waals surface area contributed by atoms with Crippen LogP contribution >= 0.6 is 0 Å². The Hall–Kier alpha value is -1.35. The van der Waals surface area contributed by atoms with Crippen LogP contribution in [0.5, 0.6) is 0 Å². The Bertz CT molecular complexity index is 369. The van der Waals surface area contributed by atoms with Gasteiger partial charge in [-0.1, -0.05) is 29.8 Å². The minimum atomic E-state index is -0.801. The van der Waals surface area contributed by atoms with Gasteiger partial charge in [-0.2, -0.15) is 0 Å². The van der Waals surface area contributed by atoms with Gasteiger partial charge in [0.2, 0.25) is 0 Å². The van der Waals surface area contributed by atoms with Crippen LogP contribution in [0, 0.1) is 6.92 Å². The van der Waals surface area contributed by atoms with Gasteiger partial charge in [0.15, 0.2) is 5.60 Å². The maximum atomic E-state index is 11.1. The van der Waals surface area contributed by atoms with Crippen molar-refractivity contribution in [1.82, 2.24) is 0 Å². The summed E-state index contributed by atoms with van der Waals surface area (Å²) in [6.07, 6.45) is 0.944. The number of cyclic esters (lactones) is 1. The van der Waals surface area contributed by atoms with Crippen LogP contribution in [0.1, 0.15) is 24.0 Å². The van der Waals surface area contributed by atoms with Crippen LogP contribution in [0.3, 0.4) is 0 Å². The highest BCUT2D eigenvalue weighted by Gasteiger charge is 2.41. The molecule has 1 atom stereocenters. The first-order chi connectivity index (χ1) is 7.16. The number of hydrogen-bond donors (Lipinski definition) is 1. The molecular formula is C12H14O3. The summed E-state index contributed by atoms with van der Waals surface area (Å²) in [6, 6.07) is 7.73. The normalized spacial score (nSPS) is 25.3. The highest BCUT2D eigenvalue weighted by Crippen LogP contribution is 2.36. The fourth-order valence-corrected chi connectivity index (χ4v) is 1.89. The van der Waals surface area contributed by atoms with Gasteiger partial charge in [0.05, 0.1) is 6.61 Å². The number of carbonyl (C=O) groups is 1. The van der Waals surface area contributed by atoms with Crippen molar-refractivity contribution < 1.29 is 14.6 Å². The molecule has 1 aromatic rings. The minimum absolute atomic E-state index is 0.151. The van der Waals surface area contributed by atoms with Crippen molar-refractivity contribution in [2.75, 3.05) is 6.61 Å². The third kappa shape index (κ3) is 1.75. The first-order valence-electron chi connectivity index (χ1n) is 5.06. The SMILES string of the molecule is Cc1ccc(C2(CO)CCC(=O)O2)cc1. The average molecular weight is 206 g/mol. The van der Waals surface area contributed by atoms with E-state index in [2.05, 4.69) is 0 Å². The standard InChI is InChI=1S/C12H14O3/c1-9-2-4-10(5-3-9)12(8-13)7-6-11(14)15-12/h2-5,13H,6-8H2,1H3. The molecule has 15 heavy (non-hydrogen) atoms. The van der Waals surface area contributed by atoms with Gasteiger partial charge in [-0.05, 0) is 12.5 Å². The number of rotatable bonds is 2. The van der Waals surface area contributed by atoms with Crippen molar-refractivity contribution in [3.05, 3.63) is 35.4 Å². The second kappa shape index (κ2) is 3.66. The first-order valence-corrected chi connectivity index (χ1v) is 5.06. The Morgan fingerprint density at radius 2 is 2.07 bits per heavy atom. The van der Waals surface area contributed by atoms with Crippen LogP contribution in [0.15, 0.2) is 24.3 Å². The predicted octanol–water partition coefficient (Wildman–Crippen LogP) is 1.52. The third-order valence-electron chi connectivity index (χ3n) is 2.88. The lowest BCUT2D eigenvalue weighted by Crippen LogP contribution is -2.29. The Morgan fingerprint density at radius 3 is 2.53 bits per heavy atom. The smallest absolute Gasteiger partial charge is 0.306 e. The number of carbonyl (C=O) groups excluding carboxylic acids is 1. The van der Waals surface area contributed by atoms with Crippen LogP contribution in [-0.4, -0.2) is 17.7 Å². The molecule has 80 valence electrons. The van der Waals surface area contributed by atoms with Gasteiger partial charge in [-0.25, -0.2) is 0 Å². The van der Waals surface area contributed by atoms with Gasteiger partial charge in [-0.15, -0.1) is 0 Å². The van der Waals surface area contributed by atoms with Crippen molar-refractivity contribution in [3.8, 4) is 0 Å². The summed E-state index contributed by atoms with van der Waals surface area (Å²) < 4.78 is 5.24. The molecule has 1 saturated heterocycles. The molecule has 0 aliphatic carbocycles. The molecule has 0 spiro atoms. The maximum absolute atomic E-state index is 11.1. The van der Waals surface area contributed by atoms with Crippen LogP contribution in [0.25, 0.3) is 0 Å². The summed E-state index contributed by atoms with van der Waals surface area (Å²) >= 11 is 0. The highest BCUT2D eigenvalue weighted by atomic mass is 16.6. The number of aryl methyl sites for hydroxylation is 1. The van der Waals surface area contributed by atoms with Gasteiger partial charge in [0.25, 0.3) is 0 Å². The van der Waals surface area contributed by atoms with Crippen LogP contribution in [0.2, 0.25) is 0 Å². The van der Waals surface area contributed by atoms with E-state index < -0.39 is 5.60 Å². The van der Waals surface area contributed by atoms with Gasteiger partial charge in [0, 0.05) is 12.8 Å². The Morgan fingerprint density at radius 1 is 1.40 bits per heavy atom. The zero-order chi connectivity index (χ0) is 10.9. The van der Waals surface area contributed by atoms with E-state index in [0.29, 0.717) is 12.8 Å². The van der Waals surface area contributed by atoms with Crippen molar-refractivity contribution in [1.29, 1.82) is 0 Å². The number of aliphatic hydroxyl groups is 1. The highest BCUT2D eigenvalue weighted by molar-refractivity contribution is 5.72. The molecule has 1 fully saturated rings. The van der Waals surface area contributed by atoms with Gasteiger partial charge in [-0.3, -0.25) is 4.79 Å². The van der Waals surface area contributed by atoms with E-state index in [0.717, 1.165) is 11.1 Å². The molecule has 0 amide bonds. The van der Waals surface area contributed by atoms with Crippen LogP contribution in [-0.2, 0) is 15.1 Å². The molecular weight excluding hydrogens is 192 g/mol. The topological polar surface area (TPSA) is 46.5 Å². The summed E-state index contributed by atoms with van der Waals surface area (Å²) in [5.41, 5.74) is 1.22. The maximum Gasteiger partial charge on any atom is 0.306 e. The van der Waals surface area contributed by atoms with Gasteiger partial charge >= 0.3 is 5.97 Å². The molecule has 0 bridgehead atoms. The molecule has 3 nitrogen and oxygen atoms in total. The lowest BCUT2D eigenvalue weighted by molar-refractivity contribution is -0.152. The molecule has 3 heteroatoms. The molecule has 0 aromatic heterocycles. The molecule has 1 aromatic carbocycles.